The molecule has 1 amide bonds. The predicted molar refractivity (Wildman–Crippen MR) is 82.2 cm³/mol. The van der Waals surface area contributed by atoms with Crippen molar-refractivity contribution in [3.05, 3.63) is 34.9 Å². The lowest BCUT2D eigenvalue weighted by atomic mass is 9.91. The fraction of sp³-hybridized carbons (Fsp3) is 0.562. The molecule has 2 aliphatic rings. The molecule has 1 aromatic rings. The van der Waals surface area contributed by atoms with Gasteiger partial charge in [-0.2, -0.15) is 0 Å². The number of ether oxygens (including phenoxy) is 1. The summed E-state index contributed by atoms with van der Waals surface area (Å²) in [6.45, 7) is 2.76. The maximum atomic E-state index is 11.7. The Morgan fingerprint density at radius 2 is 2.29 bits per heavy atom. The smallest absolute Gasteiger partial charge is 0.248 e. The van der Waals surface area contributed by atoms with Crippen LogP contribution in [0, 0.1) is 5.92 Å². The van der Waals surface area contributed by atoms with E-state index < -0.39 is 0 Å². The number of nitrogens with zero attached hydrogens (tertiary/aromatic N) is 1. The van der Waals surface area contributed by atoms with Crippen molar-refractivity contribution in [3.63, 3.8) is 0 Å². The van der Waals surface area contributed by atoms with E-state index in [9.17, 15) is 4.79 Å². The first kappa shape index (κ1) is 14.8. The molecule has 0 aromatic heterocycles. The van der Waals surface area contributed by atoms with Crippen molar-refractivity contribution in [3.8, 4) is 0 Å². The molecule has 2 aliphatic heterocycles. The summed E-state index contributed by atoms with van der Waals surface area (Å²) in [5, 5.41) is 3.50. The summed E-state index contributed by atoms with van der Waals surface area (Å²) in [4.78, 5) is 14.1. The highest BCUT2D eigenvalue weighted by molar-refractivity contribution is 6.31. The molecular weight excluding hydrogens is 288 g/mol. The molecule has 1 aromatic carbocycles. The van der Waals surface area contributed by atoms with Crippen molar-refractivity contribution >= 4 is 17.5 Å². The number of hydrogen-bond acceptors (Lipinski definition) is 3. The van der Waals surface area contributed by atoms with Crippen LogP contribution in [0.25, 0.3) is 0 Å². The van der Waals surface area contributed by atoms with Crippen molar-refractivity contribution in [1.82, 2.24) is 10.2 Å². The number of likely N-dealkylation sites (N-methyl/N-ethyl adjacent to an activating group) is 1. The number of halogens is 1. The minimum atomic E-state index is -0.273. The number of nitrogens with one attached hydrogen (secondary N) is 1. The number of hydrogen-bond donors (Lipinski definition) is 1. The van der Waals surface area contributed by atoms with E-state index in [0.717, 1.165) is 43.1 Å². The Kier molecular flexibility index (Phi) is 4.48. The van der Waals surface area contributed by atoms with Crippen LogP contribution in [0.15, 0.2) is 24.3 Å². The van der Waals surface area contributed by atoms with Gasteiger partial charge in [-0.05, 0) is 36.9 Å². The largest absolute Gasteiger partial charge is 0.364 e. The second-order valence-electron chi connectivity index (χ2n) is 5.89. The third-order valence-corrected chi connectivity index (χ3v) is 4.90. The van der Waals surface area contributed by atoms with Gasteiger partial charge in [0.2, 0.25) is 5.91 Å². The number of amides is 1. The molecule has 0 spiro atoms. The van der Waals surface area contributed by atoms with Gasteiger partial charge in [-0.1, -0.05) is 29.8 Å². The Morgan fingerprint density at radius 1 is 1.48 bits per heavy atom. The van der Waals surface area contributed by atoms with E-state index in [-0.39, 0.29) is 18.1 Å². The molecule has 0 unspecified atom stereocenters. The predicted octanol–water partition coefficient (Wildman–Crippen LogP) is 2.07. The average Bonchev–Trinajstić information content (AvgIpc) is 2.92. The standard InChI is InChI=1S/C16H21ClN2O2/c1-18-16(20)14-8-11-6-7-19(10-15(11)21-14)9-12-4-2-3-5-13(12)17/h2-5,11,14-15H,6-10H2,1H3,(H,18,20)/t11-,14-,15+/m0/s1. The number of carbonyl (C=O) groups excluding carboxylic acids is 1. The molecule has 21 heavy (non-hydrogen) atoms. The highest BCUT2D eigenvalue weighted by atomic mass is 35.5. The van der Waals surface area contributed by atoms with Crippen LogP contribution >= 0.6 is 11.6 Å². The maximum Gasteiger partial charge on any atom is 0.248 e. The minimum Gasteiger partial charge on any atom is -0.364 e. The third-order valence-electron chi connectivity index (χ3n) is 4.53. The van der Waals surface area contributed by atoms with E-state index in [2.05, 4.69) is 16.3 Å². The van der Waals surface area contributed by atoms with Crippen molar-refractivity contribution in [2.45, 2.75) is 31.6 Å². The van der Waals surface area contributed by atoms with Crippen molar-refractivity contribution in [1.29, 1.82) is 0 Å². The number of fused-ring (bicyclic) bond motifs is 1. The number of rotatable bonds is 3. The maximum absolute atomic E-state index is 11.7. The van der Waals surface area contributed by atoms with Crippen LogP contribution in [0.5, 0.6) is 0 Å². The van der Waals surface area contributed by atoms with Gasteiger partial charge in [-0.15, -0.1) is 0 Å². The van der Waals surface area contributed by atoms with Gasteiger partial charge in [0.05, 0.1) is 6.10 Å². The molecule has 2 saturated heterocycles. The van der Waals surface area contributed by atoms with E-state index in [1.54, 1.807) is 7.05 Å². The minimum absolute atomic E-state index is 0.00190. The fourth-order valence-electron chi connectivity index (χ4n) is 3.34. The molecule has 0 saturated carbocycles. The Bertz CT molecular complexity index is 523. The zero-order valence-electron chi connectivity index (χ0n) is 12.2. The molecule has 2 fully saturated rings. The van der Waals surface area contributed by atoms with Gasteiger partial charge in [0, 0.05) is 25.2 Å². The fourth-order valence-corrected chi connectivity index (χ4v) is 3.53. The molecule has 4 nitrogen and oxygen atoms in total. The first-order chi connectivity index (χ1) is 10.2. The number of likely N-dealkylation sites (tertiary alicyclic amines) is 1. The molecule has 5 heteroatoms. The number of carbonyl (C=O) groups is 1. The van der Waals surface area contributed by atoms with Crippen LogP contribution in [-0.2, 0) is 16.1 Å². The molecule has 1 N–H and O–H groups in total. The summed E-state index contributed by atoms with van der Waals surface area (Å²) < 4.78 is 5.93. The normalized spacial score (nSPS) is 29.1. The Morgan fingerprint density at radius 3 is 3.05 bits per heavy atom. The highest BCUT2D eigenvalue weighted by Gasteiger charge is 2.41. The lowest BCUT2D eigenvalue weighted by Gasteiger charge is -2.34. The summed E-state index contributed by atoms with van der Waals surface area (Å²) in [5.41, 5.74) is 1.15. The van der Waals surface area contributed by atoms with Crippen molar-refractivity contribution in [2.24, 2.45) is 5.92 Å². The first-order valence-corrected chi connectivity index (χ1v) is 7.88. The van der Waals surface area contributed by atoms with Crippen LogP contribution < -0.4 is 5.32 Å². The van der Waals surface area contributed by atoms with Crippen LogP contribution in [0.4, 0.5) is 0 Å². The van der Waals surface area contributed by atoms with Gasteiger partial charge in [-0.3, -0.25) is 9.69 Å². The van der Waals surface area contributed by atoms with Crippen LogP contribution in [0.2, 0.25) is 5.02 Å². The zero-order chi connectivity index (χ0) is 14.8. The number of piperidine rings is 1. The molecule has 114 valence electrons. The summed E-state index contributed by atoms with van der Waals surface area (Å²) in [6.07, 6.45) is 1.83. The Hall–Kier alpha value is -1.10. The summed E-state index contributed by atoms with van der Waals surface area (Å²) in [6, 6.07) is 7.96. The van der Waals surface area contributed by atoms with E-state index in [0.29, 0.717) is 5.92 Å². The molecule has 2 heterocycles. The monoisotopic (exact) mass is 308 g/mol. The van der Waals surface area contributed by atoms with E-state index >= 15 is 0 Å². The van der Waals surface area contributed by atoms with E-state index in [1.165, 1.54) is 0 Å². The lowest BCUT2D eigenvalue weighted by molar-refractivity contribution is -0.132. The van der Waals surface area contributed by atoms with E-state index in [4.69, 9.17) is 16.3 Å². The van der Waals surface area contributed by atoms with Gasteiger partial charge in [-0.25, -0.2) is 0 Å². The van der Waals surface area contributed by atoms with Gasteiger partial charge in [0.15, 0.2) is 0 Å². The Labute approximate surface area is 130 Å². The summed E-state index contributed by atoms with van der Waals surface area (Å²) in [5.74, 6) is 0.511. The zero-order valence-corrected chi connectivity index (χ0v) is 13.0. The van der Waals surface area contributed by atoms with Crippen LogP contribution in [0.1, 0.15) is 18.4 Å². The summed E-state index contributed by atoms with van der Waals surface area (Å²) >= 11 is 6.23. The van der Waals surface area contributed by atoms with Gasteiger partial charge in [0.1, 0.15) is 6.10 Å². The topological polar surface area (TPSA) is 41.6 Å². The second-order valence-corrected chi connectivity index (χ2v) is 6.30. The number of benzene rings is 1. The van der Waals surface area contributed by atoms with Gasteiger partial charge >= 0.3 is 0 Å². The Balaban J connectivity index is 1.60. The molecule has 3 atom stereocenters. The molecule has 0 aliphatic carbocycles. The quantitative estimate of drug-likeness (QED) is 0.929. The second kappa shape index (κ2) is 6.34. The van der Waals surface area contributed by atoms with Gasteiger partial charge < -0.3 is 10.1 Å². The van der Waals surface area contributed by atoms with Gasteiger partial charge in [0.25, 0.3) is 0 Å². The SMILES string of the molecule is CNC(=O)[C@@H]1C[C@@H]2CCN(Cc3ccccc3Cl)C[C@H]2O1. The molecule has 3 rings (SSSR count). The summed E-state index contributed by atoms with van der Waals surface area (Å²) in [7, 11) is 1.66. The third kappa shape index (κ3) is 3.23. The first-order valence-electron chi connectivity index (χ1n) is 7.50. The van der Waals surface area contributed by atoms with E-state index in [1.807, 2.05) is 18.2 Å². The van der Waals surface area contributed by atoms with Crippen molar-refractivity contribution in [2.75, 3.05) is 20.1 Å². The van der Waals surface area contributed by atoms with Crippen molar-refractivity contribution < 1.29 is 9.53 Å². The highest BCUT2D eigenvalue weighted by Crippen LogP contribution is 2.34. The van der Waals surface area contributed by atoms with Crippen LogP contribution in [-0.4, -0.2) is 43.2 Å². The molecule has 0 bridgehead atoms. The van der Waals surface area contributed by atoms with Crippen LogP contribution in [0.3, 0.4) is 0 Å². The lowest BCUT2D eigenvalue weighted by Crippen LogP contribution is -2.42. The molecule has 0 radical (unpaired) electrons. The average molecular weight is 309 g/mol. The molecular formula is C16H21ClN2O2.